The minimum absolute atomic E-state index is 0.164. The molecule has 2 unspecified atom stereocenters. The van der Waals surface area contributed by atoms with Crippen molar-refractivity contribution >= 4 is 0 Å². The molecule has 0 bridgehead atoms. The molecule has 1 aliphatic rings. The van der Waals surface area contributed by atoms with Crippen LogP contribution in [0.25, 0.3) is 0 Å². The first-order valence-corrected chi connectivity index (χ1v) is 11.9. The Labute approximate surface area is 204 Å². The van der Waals surface area contributed by atoms with Crippen LogP contribution in [0.3, 0.4) is 0 Å². The van der Waals surface area contributed by atoms with Crippen LogP contribution in [-0.4, -0.2) is 46.4 Å². The van der Waals surface area contributed by atoms with Crippen molar-refractivity contribution in [3.05, 3.63) is 47.0 Å². The van der Waals surface area contributed by atoms with Gasteiger partial charge in [-0.25, -0.2) is 0 Å². The summed E-state index contributed by atoms with van der Waals surface area (Å²) in [7, 11) is 8.79. The van der Waals surface area contributed by atoms with Crippen molar-refractivity contribution in [1.82, 2.24) is 4.90 Å². The Morgan fingerprint density at radius 3 is 2.09 bits per heavy atom. The van der Waals surface area contributed by atoms with E-state index in [-0.39, 0.29) is 5.92 Å². The number of rotatable bonds is 10. The molecule has 0 aromatic heterocycles. The quantitative estimate of drug-likeness (QED) is 0.469. The van der Waals surface area contributed by atoms with Crippen molar-refractivity contribution in [1.29, 1.82) is 5.26 Å². The Balaban J connectivity index is 1.77. The summed E-state index contributed by atoms with van der Waals surface area (Å²) in [4.78, 5) is 2.41. The van der Waals surface area contributed by atoms with Crippen molar-refractivity contribution < 1.29 is 18.9 Å². The lowest BCUT2D eigenvalue weighted by molar-refractivity contribution is 0.194. The molecule has 0 radical (unpaired) electrons. The van der Waals surface area contributed by atoms with Gasteiger partial charge in [-0.05, 0) is 79.6 Å². The Morgan fingerprint density at radius 2 is 1.53 bits per heavy atom. The molecule has 0 fully saturated rings. The molecule has 2 aromatic rings. The maximum atomic E-state index is 10.4. The fourth-order valence-electron chi connectivity index (χ4n) is 5.18. The monoisotopic (exact) mass is 466 g/mol. The lowest BCUT2D eigenvalue weighted by atomic mass is 9.69. The lowest BCUT2D eigenvalue weighted by Gasteiger charge is -2.36. The van der Waals surface area contributed by atoms with E-state index < -0.39 is 5.41 Å². The number of methoxy groups -OCH3 is 4. The largest absolute Gasteiger partial charge is 0.493 e. The number of ether oxygens (including phenoxy) is 4. The number of hydrogen-bond acceptors (Lipinski definition) is 6. The molecule has 6 heteroatoms. The summed E-state index contributed by atoms with van der Waals surface area (Å²) in [6.07, 6.45) is 3.73. The Bertz CT molecular complexity index is 1030. The lowest BCUT2D eigenvalue weighted by Crippen LogP contribution is -2.38. The van der Waals surface area contributed by atoms with Gasteiger partial charge in [0, 0.05) is 12.6 Å². The van der Waals surface area contributed by atoms with E-state index in [1.807, 2.05) is 18.2 Å². The predicted octanol–water partition coefficient (Wildman–Crippen LogP) is 5.37. The van der Waals surface area contributed by atoms with Gasteiger partial charge in [0.15, 0.2) is 23.0 Å². The van der Waals surface area contributed by atoms with Crippen molar-refractivity contribution in [2.45, 2.75) is 57.5 Å². The van der Waals surface area contributed by atoms with Crippen LogP contribution < -0.4 is 18.9 Å². The predicted molar refractivity (Wildman–Crippen MR) is 134 cm³/mol. The van der Waals surface area contributed by atoms with Crippen LogP contribution in [-0.2, 0) is 18.4 Å². The molecule has 0 saturated heterocycles. The molecule has 3 rings (SSSR count). The summed E-state index contributed by atoms with van der Waals surface area (Å²) >= 11 is 0. The van der Waals surface area contributed by atoms with Gasteiger partial charge in [0.1, 0.15) is 0 Å². The van der Waals surface area contributed by atoms with E-state index >= 15 is 0 Å². The summed E-state index contributed by atoms with van der Waals surface area (Å²) in [5.74, 6) is 3.06. The van der Waals surface area contributed by atoms with E-state index in [0.29, 0.717) is 17.5 Å². The topological polar surface area (TPSA) is 64.0 Å². The van der Waals surface area contributed by atoms with Crippen LogP contribution in [0.5, 0.6) is 23.0 Å². The summed E-state index contributed by atoms with van der Waals surface area (Å²) < 4.78 is 21.9. The van der Waals surface area contributed by atoms with E-state index in [1.54, 1.807) is 28.4 Å². The van der Waals surface area contributed by atoms with Crippen molar-refractivity contribution in [3.8, 4) is 29.1 Å². The fraction of sp³-hybridized carbons (Fsp3) is 0.536. The van der Waals surface area contributed by atoms with Gasteiger partial charge < -0.3 is 18.9 Å². The van der Waals surface area contributed by atoms with Gasteiger partial charge in [-0.1, -0.05) is 19.9 Å². The molecule has 6 nitrogen and oxygen atoms in total. The molecular weight excluding hydrogens is 428 g/mol. The van der Waals surface area contributed by atoms with Crippen molar-refractivity contribution in [2.24, 2.45) is 5.92 Å². The first kappa shape index (κ1) is 25.7. The zero-order valence-corrected chi connectivity index (χ0v) is 21.6. The summed E-state index contributed by atoms with van der Waals surface area (Å²) in [6, 6.07) is 13.2. The normalized spacial score (nSPS) is 17.4. The third-order valence-corrected chi connectivity index (χ3v) is 7.40. The molecule has 2 atom stereocenters. The molecule has 184 valence electrons. The van der Waals surface area contributed by atoms with Gasteiger partial charge in [0.2, 0.25) is 0 Å². The van der Waals surface area contributed by atoms with Gasteiger partial charge in [-0.2, -0.15) is 5.26 Å². The minimum atomic E-state index is -0.582. The van der Waals surface area contributed by atoms with E-state index in [2.05, 4.69) is 44.0 Å². The number of nitriles is 1. The Morgan fingerprint density at radius 1 is 0.941 bits per heavy atom. The fourth-order valence-corrected chi connectivity index (χ4v) is 5.18. The number of likely N-dealkylation sites (N-methyl/N-ethyl adjacent to an activating group) is 1. The number of fused-ring (bicyclic) bond motifs is 1. The molecule has 1 heterocycles. The molecule has 0 N–H and O–H groups in total. The summed E-state index contributed by atoms with van der Waals surface area (Å²) in [5.41, 5.74) is 3.01. The van der Waals surface area contributed by atoms with Gasteiger partial charge in [-0.15, -0.1) is 0 Å². The molecule has 0 aliphatic carbocycles. The maximum absolute atomic E-state index is 10.4. The highest BCUT2D eigenvalue weighted by Gasteiger charge is 2.37. The molecular formula is C28H38N2O4. The number of nitrogens with zero attached hydrogens (tertiary/aromatic N) is 2. The average molecular weight is 467 g/mol. The highest BCUT2D eigenvalue weighted by Crippen LogP contribution is 2.41. The van der Waals surface area contributed by atoms with Crippen LogP contribution in [0.1, 0.15) is 49.8 Å². The first-order valence-electron chi connectivity index (χ1n) is 11.9. The highest BCUT2D eigenvalue weighted by molar-refractivity contribution is 5.49. The zero-order chi connectivity index (χ0) is 24.9. The molecule has 34 heavy (non-hydrogen) atoms. The minimum Gasteiger partial charge on any atom is -0.493 e. The van der Waals surface area contributed by atoms with Gasteiger partial charge >= 0.3 is 0 Å². The smallest absolute Gasteiger partial charge is 0.161 e. The molecule has 2 aromatic carbocycles. The number of hydrogen-bond donors (Lipinski definition) is 0. The summed E-state index contributed by atoms with van der Waals surface area (Å²) in [6.45, 7) is 5.13. The Hall–Kier alpha value is -2.91. The maximum Gasteiger partial charge on any atom is 0.161 e. The van der Waals surface area contributed by atoms with Crippen LogP contribution in [0.4, 0.5) is 0 Å². The van der Waals surface area contributed by atoms with Gasteiger partial charge in [-0.3, -0.25) is 4.90 Å². The molecule has 0 spiro atoms. The standard InChI is InChI=1S/C28H38N2O4/c1-19(2)28(18-29,22-10-11-24(31-4)27(16-22)34-7)12-8-9-23-13-20-14-25(32-5)26(33-6)15-21(20)17-30(23)3/h10-11,14-16,19,23H,8-9,12-13,17H2,1-7H3. The van der Waals surface area contributed by atoms with E-state index in [1.165, 1.54) is 11.1 Å². The van der Waals surface area contributed by atoms with E-state index in [4.69, 9.17) is 18.9 Å². The van der Waals surface area contributed by atoms with Crippen LogP contribution >= 0.6 is 0 Å². The van der Waals surface area contributed by atoms with Crippen LogP contribution in [0, 0.1) is 17.2 Å². The van der Waals surface area contributed by atoms with Gasteiger partial charge in [0.25, 0.3) is 0 Å². The molecule has 0 amide bonds. The third-order valence-electron chi connectivity index (χ3n) is 7.40. The van der Waals surface area contributed by atoms with Crippen molar-refractivity contribution in [2.75, 3.05) is 35.5 Å². The van der Waals surface area contributed by atoms with E-state index in [9.17, 15) is 5.26 Å². The Kier molecular flexibility index (Phi) is 8.33. The van der Waals surface area contributed by atoms with Crippen molar-refractivity contribution in [3.63, 3.8) is 0 Å². The second-order valence-corrected chi connectivity index (χ2v) is 9.45. The first-order chi connectivity index (χ1) is 16.3. The molecule has 1 aliphatic heterocycles. The zero-order valence-electron chi connectivity index (χ0n) is 21.6. The van der Waals surface area contributed by atoms with E-state index in [0.717, 1.165) is 49.3 Å². The second kappa shape index (κ2) is 11.0. The number of benzene rings is 2. The highest BCUT2D eigenvalue weighted by atomic mass is 16.5. The van der Waals surface area contributed by atoms with Gasteiger partial charge in [0.05, 0.1) is 39.9 Å². The second-order valence-electron chi connectivity index (χ2n) is 9.45. The average Bonchev–Trinajstić information content (AvgIpc) is 2.85. The third kappa shape index (κ3) is 4.95. The summed E-state index contributed by atoms with van der Waals surface area (Å²) in [5, 5.41) is 10.4. The SMILES string of the molecule is COc1ccc(C(C#N)(CCCC2Cc3cc(OC)c(OC)cc3CN2C)C(C)C)cc1OC. The van der Waals surface area contributed by atoms with Crippen LogP contribution in [0.15, 0.2) is 30.3 Å². The van der Waals surface area contributed by atoms with Crippen LogP contribution in [0.2, 0.25) is 0 Å². The molecule has 0 saturated carbocycles.